The second kappa shape index (κ2) is 5.07. The fourth-order valence-corrected chi connectivity index (χ4v) is 1.01. The molecule has 0 aromatic heterocycles. The number of ether oxygens (including phenoxy) is 1. The second-order valence-electron chi connectivity index (χ2n) is 2.48. The minimum atomic E-state index is 0.202. The van der Waals surface area contributed by atoms with Gasteiger partial charge in [-0.15, -0.1) is 0 Å². The number of hydroxylamine groups is 1. The van der Waals surface area contributed by atoms with Gasteiger partial charge in [-0.3, -0.25) is 0 Å². The maximum Gasteiger partial charge on any atom is 0.119 e. The molecule has 0 fully saturated rings. The normalized spacial score (nSPS) is 22.5. The zero-order valence-corrected chi connectivity index (χ0v) is 6.36. The topological polar surface area (TPSA) is 41.5 Å². The molecule has 0 aromatic rings. The van der Waals surface area contributed by atoms with E-state index in [-0.39, 0.29) is 6.73 Å². The predicted molar refractivity (Wildman–Crippen MR) is 42.1 cm³/mol. The Morgan fingerprint density at radius 3 is 3.09 bits per heavy atom. The van der Waals surface area contributed by atoms with Gasteiger partial charge in [-0.25, -0.2) is 0 Å². The van der Waals surface area contributed by atoms with Gasteiger partial charge in [0.25, 0.3) is 0 Å². The molecule has 0 saturated heterocycles. The molecule has 0 aromatic carbocycles. The van der Waals surface area contributed by atoms with Crippen molar-refractivity contribution in [3.63, 3.8) is 0 Å². The summed E-state index contributed by atoms with van der Waals surface area (Å²) in [5.41, 5.74) is 1.94. The summed E-state index contributed by atoms with van der Waals surface area (Å²) in [6.07, 6.45) is 9.30. The lowest BCUT2D eigenvalue weighted by molar-refractivity contribution is 0.0144. The first-order valence-electron chi connectivity index (χ1n) is 3.71. The van der Waals surface area contributed by atoms with E-state index in [1.807, 2.05) is 17.6 Å². The standard InChI is InChI=1S/C8H13NO2/c10-9-7-11-6-8-4-2-1-3-5-8/h1-4,8-10H,5-7H2. The van der Waals surface area contributed by atoms with E-state index in [1.165, 1.54) is 0 Å². The van der Waals surface area contributed by atoms with E-state index in [0.717, 1.165) is 6.42 Å². The molecule has 62 valence electrons. The van der Waals surface area contributed by atoms with Gasteiger partial charge >= 0.3 is 0 Å². The lowest BCUT2D eigenvalue weighted by atomic mass is 10.0. The zero-order valence-electron chi connectivity index (χ0n) is 6.36. The highest BCUT2D eigenvalue weighted by Crippen LogP contribution is 2.10. The average Bonchev–Trinajstić information content (AvgIpc) is 2.07. The molecule has 3 nitrogen and oxygen atoms in total. The Bertz CT molecular complexity index is 154. The molecule has 0 bridgehead atoms. The summed E-state index contributed by atoms with van der Waals surface area (Å²) >= 11 is 0. The first-order chi connectivity index (χ1) is 5.43. The molecular formula is C8H13NO2. The molecule has 1 unspecified atom stereocenters. The van der Waals surface area contributed by atoms with Gasteiger partial charge in [0.05, 0.1) is 6.61 Å². The van der Waals surface area contributed by atoms with E-state index >= 15 is 0 Å². The van der Waals surface area contributed by atoms with Crippen LogP contribution >= 0.6 is 0 Å². The Kier molecular flexibility index (Phi) is 3.90. The van der Waals surface area contributed by atoms with Crippen LogP contribution in [0.2, 0.25) is 0 Å². The first-order valence-corrected chi connectivity index (χ1v) is 3.71. The summed E-state index contributed by atoms with van der Waals surface area (Å²) < 4.78 is 5.08. The number of rotatable bonds is 4. The van der Waals surface area contributed by atoms with Crippen molar-refractivity contribution in [1.29, 1.82) is 0 Å². The smallest absolute Gasteiger partial charge is 0.119 e. The summed E-state index contributed by atoms with van der Waals surface area (Å²) in [5.74, 6) is 0.466. The summed E-state index contributed by atoms with van der Waals surface area (Å²) in [7, 11) is 0. The van der Waals surface area contributed by atoms with Gasteiger partial charge in [0, 0.05) is 5.92 Å². The van der Waals surface area contributed by atoms with Gasteiger partial charge in [-0.2, -0.15) is 5.48 Å². The Balaban J connectivity index is 2.07. The van der Waals surface area contributed by atoms with Crippen LogP contribution < -0.4 is 5.48 Å². The SMILES string of the molecule is ONCOCC1C=CC=CC1. The van der Waals surface area contributed by atoms with E-state index in [0.29, 0.717) is 12.5 Å². The zero-order chi connectivity index (χ0) is 7.94. The lowest BCUT2D eigenvalue weighted by Crippen LogP contribution is -2.16. The van der Waals surface area contributed by atoms with Crippen LogP contribution in [0.5, 0.6) is 0 Å². The molecule has 2 N–H and O–H groups in total. The molecule has 0 spiro atoms. The Morgan fingerprint density at radius 1 is 1.55 bits per heavy atom. The Hall–Kier alpha value is -0.640. The van der Waals surface area contributed by atoms with E-state index in [1.54, 1.807) is 0 Å². The highest BCUT2D eigenvalue weighted by molar-refractivity contribution is 5.10. The van der Waals surface area contributed by atoms with Gasteiger partial charge in [-0.05, 0) is 6.42 Å². The van der Waals surface area contributed by atoms with Gasteiger partial charge in [-0.1, -0.05) is 24.3 Å². The third kappa shape index (κ3) is 3.32. The molecule has 3 heteroatoms. The van der Waals surface area contributed by atoms with Crippen molar-refractivity contribution in [2.75, 3.05) is 13.3 Å². The van der Waals surface area contributed by atoms with Crippen molar-refractivity contribution in [3.05, 3.63) is 24.3 Å². The Labute approximate surface area is 66.3 Å². The minimum absolute atomic E-state index is 0.202. The summed E-state index contributed by atoms with van der Waals surface area (Å²) in [4.78, 5) is 0. The molecule has 1 rings (SSSR count). The van der Waals surface area contributed by atoms with Crippen molar-refractivity contribution in [2.45, 2.75) is 6.42 Å². The second-order valence-corrected chi connectivity index (χ2v) is 2.48. The minimum Gasteiger partial charge on any atom is -0.364 e. The van der Waals surface area contributed by atoms with Gasteiger partial charge in [0.2, 0.25) is 0 Å². The third-order valence-electron chi connectivity index (χ3n) is 1.57. The van der Waals surface area contributed by atoms with Crippen molar-refractivity contribution < 1.29 is 9.94 Å². The lowest BCUT2D eigenvalue weighted by Gasteiger charge is -2.12. The van der Waals surface area contributed by atoms with Gasteiger partial charge < -0.3 is 9.94 Å². The van der Waals surface area contributed by atoms with Gasteiger partial charge in [0.1, 0.15) is 6.73 Å². The number of hydrogen-bond donors (Lipinski definition) is 2. The molecule has 0 heterocycles. The molecule has 0 saturated carbocycles. The molecule has 1 aliphatic rings. The third-order valence-corrected chi connectivity index (χ3v) is 1.57. The van der Waals surface area contributed by atoms with Crippen molar-refractivity contribution in [1.82, 2.24) is 5.48 Å². The maximum atomic E-state index is 8.19. The van der Waals surface area contributed by atoms with E-state index in [9.17, 15) is 0 Å². The Morgan fingerprint density at radius 2 is 2.45 bits per heavy atom. The summed E-state index contributed by atoms with van der Waals surface area (Å²) in [6, 6.07) is 0. The van der Waals surface area contributed by atoms with Crippen LogP contribution in [0.4, 0.5) is 0 Å². The van der Waals surface area contributed by atoms with Crippen LogP contribution in [0, 0.1) is 5.92 Å². The fourth-order valence-electron chi connectivity index (χ4n) is 1.01. The number of hydrogen-bond acceptors (Lipinski definition) is 3. The average molecular weight is 155 g/mol. The monoisotopic (exact) mass is 155 g/mol. The molecule has 0 aliphatic heterocycles. The van der Waals surface area contributed by atoms with Crippen LogP contribution in [0.1, 0.15) is 6.42 Å². The van der Waals surface area contributed by atoms with Crippen molar-refractivity contribution in [3.8, 4) is 0 Å². The molecule has 11 heavy (non-hydrogen) atoms. The largest absolute Gasteiger partial charge is 0.364 e. The van der Waals surface area contributed by atoms with Crippen LogP contribution in [0.15, 0.2) is 24.3 Å². The quantitative estimate of drug-likeness (QED) is 0.362. The molecular weight excluding hydrogens is 142 g/mol. The highest BCUT2D eigenvalue weighted by atomic mass is 16.6. The van der Waals surface area contributed by atoms with Crippen LogP contribution in [-0.2, 0) is 4.74 Å². The van der Waals surface area contributed by atoms with Crippen LogP contribution in [0.3, 0.4) is 0 Å². The fraction of sp³-hybridized carbons (Fsp3) is 0.500. The molecule has 0 amide bonds. The molecule has 0 radical (unpaired) electrons. The highest BCUT2D eigenvalue weighted by Gasteiger charge is 2.03. The van der Waals surface area contributed by atoms with E-state index < -0.39 is 0 Å². The van der Waals surface area contributed by atoms with E-state index in [4.69, 9.17) is 9.94 Å². The van der Waals surface area contributed by atoms with Gasteiger partial charge in [0.15, 0.2) is 0 Å². The molecule has 1 aliphatic carbocycles. The predicted octanol–water partition coefficient (Wildman–Crippen LogP) is 1.07. The van der Waals surface area contributed by atoms with Crippen LogP contribution in [0.25, 0.3) is 0 Å². The van der Waals surface area contributed by atoms with Crippen molar-refractivity contribution in [2.24, 2.45) is 5.92 Å². The van der Waals surface area contributed by atoms with E-state index in [2.05, 4.69) is 12.2 Å². The van der Waals surface area contributed by atoms with Crippen molar-refractivity contribution >= 4 is 0 Å². The summed E-state index contributed by atoms with van der Waals surface area (Å²) in [6.45, 7) is 0.864. The number of nitrogens with one attached hydrogen (secondary N) is 1. The number of allylic oxidation sites excluding steroid dienone is 3. The first kappa shape index (κ1) is 8.46. The van der Waals surface area contributed by atoms with Crippen LogP contribution in [-0.4, -0.2) is 18.5 Å². The maximum absolute atomic E-state index is 8.19. The molecule has 1 atom stereocenters. The summed E-state index contributed by atoms with van der Waals surface area (Å²) in [5, 5.41) is 8.19.